The van der Waals surface area contributed by atoms with E-state index in [2.05, 4.69) is 34.4 Å². The fraction of sp³-hybridized carbons (Fsp3) is 0.529. The third-order valence-electron chi connectivity index (χ3n) is 3.63. The van der Waals surface area contributed by atoms with E-state index in [9.17, 15) is 4.79 Å². The highest BCUT2D eigenvalue weighted by Crippen LogP contribution is 2.29. The molecule has 0 unspecified atom stereocenters. The van der Waals surface area contributed by atoms with Gasteiger partial charge in [-0.25, -0.2) is 0 Å². The van der Waals surface area contributed by atoms with Gasteiger partial charge in [-0.1, -0.05) is 12.1 Å². The molecule has 0 radical (unpaired) electrons. The lowest BCUT2D eigenvalue weighted by Gasteiger charge is -2.39. The zero-order valence-electron chi connectivity index (χ0n) is 14.3. The summed E-state index contributed by atoms with van der Waals surface area (Å²) >= 11 is 2.01. The molecule has 1 aromatic rings. The van der Waals surface area contributed by atoms with Gasteiger partial charge in [0.15, 0.2) is 5.96 Å². The van der Waals surface area contributed by atoms with Crippen LogP contribution in [0.5, 0.6) is 0 Å². The number of thioether (sulfide) groups is 1. The van der Waals surface area contributed by atoms with Crippen molar-refractivity contribution in [2.45, 2.75) is 32.1 Å². The average molecular weight is 334 g/mol. The Morgan fingerprint density at radius 3 is 2.87 bits per heavy atom. The minimum Gasteiger partial charge on any atom is -0.352 e. The van der Waals surface area contributed by atoms with Crippen molar-refractivity contribution in [3.63, 3.8) is 0 Å². The van der Waals surface area contributed by atoms with Gasteiger partial charge in [-0.3, -0.25) is 9.79 Å². The number of rotatable bonds is 3. The Morgan fingerprint density at radius 2 is 2.22 bits per heavy atom. The van der Waals surface area contributed by atoms with Crippen LogP contribution in [-0.4, -0.2) is 47.4 Å². The topological polar surface area (TPSA) is 56.7 Å². The quantitative estimate of drug-likeness (QED) is 0.659. The Morgan fingerprint density at radius 1 is 1.43 bits per heavy atom. The highest BCUT2D eigenvalue weighted by Gasteiger charge is 2.28. The second kappa shape index (κ2) is 7.73. The molecule has 0 atom stereocenters. The van der Waals surface area contributed by atoms with Crippen LogP contribution < -0.4 is 10.6 Å². The van der Waals surface area contributed by atoms with E-state index < -0.39 is 0 Å². The molecule has 2 N–H and O–H groups in total. The van der Waals surface area contributed by atoms with Gasteiger partial charge >= 0.3 is 0 Å². The van der Waals surface area contributed by atoms with Crippen molar-refractivity contribution in [1.82, 2.24) is 10.2 Å². The molecule has 0 spiro atoms. The van der Waals surface area contributed by atoms with E-state index in [0.717, 1.165) is 36.1 Å². The van der Waals surface area contributed by atoms with Crippen LogP contribution in [0.3, 0.4) is 0 Å². The number of aliphatic imine (C=N–C) groups is 1. The minimum atomic E-state index is -0.0565. The van der Waals surface area contributed by atoms with Crippen molar-refractivity contribution in [2.24, 2.45) is 4.99 Å². The number of hydrogen-bond acceptors (Lipinski definition) is 3. The minimum absolute atomic E-state index is 0.0565. The lowest BCUT2D eigenvalue weighted by Crippen LogP contribution is -2.50. The van der Waals surface area contributed by atoms with Crippen molar-refractivity contribution in [1.29, 1.82) is 0 Å². The van der Waals surface area contributed by atoms with Gasteiger partial charge in [0, 0.05) is 49.8 Å². The van der Waals surface area contributed by atoms with E-state index in [1.54, 1.807) is 0 Å². The highest BCUT2D eigenvalue weighted by atomic mass is 32.2. The first-order valence-electron chi connectivity index (χ1n) is 7.86. The summed E-state index contributed by atoms with van der Waals surface area (Å²) in [6.45, 7) is 8.75. The van der Waals surface area contributed by atoms with Crippen molar-refractivity contribution in [3.8, 4) is 0 Å². The Balaban J connectivity index is 1.97. The number of carbonyl (C=O) groups is 1. The van der Waals surface area contributed by atoms with Crippen LogP contribution in [0.25, 0.3) is 0 Å². The largest absolute Gasteiger partial charge is 0.352 e. The number of carbonyl (C=O) groups excluding carboxylic acids is 1. The van der Waals surface area contributed by atoms with Gasteiger partial charge < -0.3 is 15.5 Å². The number of anilines is 1. The summed E-state index contributed by atoms with van der Waals surface area (Å²) in [5, 5.41) is 6.24. The maximum absolute atomic E-state index is 11.1. The van der Waals surface area contributed by atoms with Gasteiger partial charge in [-0.2, -0.15) is 11.8 Å². The second-order valence-corrected chi connectivity index (χ2v) is 8.11. The third-order valence-corrected chi connectivity index (χ3v) is 4.93. The van der Waals surface area contributed by atoms with Crippen LogP contribution in [0.1, 0.15) is 26.3 Å². The molecule has 23 heavy (non-hydrogen) atoms. The van der Waals surface area contributed by atoms with Crippen LogP contribution in [0, 0.1) is 0 Å². The van der Waals surface area contributed by atoms with E-state index in [4.69, 9.17) is 0 Å². The lowest BCUT2D eigenvalue weighted by molar-refractivity contribution is -0.114. The molecular weight excluding hydrogens is 308 g/mol. The van der Waals surface area contributed by atoms with E-state index in [1.807, 2.05) is 43.1 Å². The summed E-state index contributed by atoms with van der Waals surface area (Å²) in [5.74, 6) is 1.99. The van der Waals surface area contributed by atoms with Crippen LogP contribution >= 0.6 is 11.8 Å². The average Bonchev–Trinajstić information content (AvgIpc) is 2.46. The molecule has 0 bridgehead atoms. The standard InChI is InChI=1S/C17H26N4OS/c1-13(22)20-15-7-5-6-14(10-15)11-19-16(18-4)21-8-9-23-17(2,3)12-21/h5-7,10H,8-9,11-12H2,1-4H3,(H,18,19)(H,20,22). The Kier molecular flexibility index (Phi) is 5.93. The zero-order chi connectivity index (χ0) is 16.9. The molecule has 0 saturated carbocycles. The molecule has 0 aromatic heterocycles. The normalized spacial score (nSPS) is 17.7. The maximum Gasteiger partial charge on any atom is 0.221 e. The molecule has 1 aromatic carbocycles. The van der Waals surface area contributed by atoms with Crippen molar-refractivity contribution in [2.75, 3.05) is 31.2 Å². The van der Waals surface area contributed by atoms with Crippen LogP contribution in [0.2, 0.25) is 0 Å². The van der Waals surface area contributed by atoms with E-state index in [1.165, 1.54) is 6.92 Å². The van der Waals surface area contributed by atoms with Crippen molar-refractivity contribution < 1.29 is 4.79 Å². The molecule has 1 aliphatic heterocycles. The highest BCUT2D eigenvalue weighted by molar-refractivity contribution is 8.00. The monoisotopic (exact) mass is 334 g/mol. The molecule has 1 heterocycles. The summed E-state index contributed by atoms with van der Waals surface area (Å²) in [4.78, 5) is 17.9. The predicted octanol–water partition coefficient (Wildman–Crippen LogP) is 2.55. The molecule has 1 aliphatic rings. The first-order valence-corrected chi connectivity index (χ1v) is 8.84. The summed E-state index contributed by atoms with van der Waals surface area (Å²) in [6, 6.07) is 7.87. The number of benzene rings is 1. The first-order chi connectivity index (χ1) is 10.9. The molecule has 1 amide bonds. The predicted molar refractivity (Wildman–Crippen MR) is 99.1 cm³/mol. The molecule has 2 rings (SSSR count). The van der Waals surface area contributed by atoms with Crippen molar-refractivity contribution >= 4 is 29.3 Å². The van der Waals surface area contributed by atoms with Gasteiger partial charge in [-0.05, 0) is 31.5 Å². The van der Waals surface area contributed by atoms with Gasteiger partial charge in [0.1, 0.15) is 0 Å². The Bertz CT molecular complexity index is 586. The third kappa shape index (κ3) is 5.46. The molecule has 126 valence electrons. The van der Waals surface area contributed by atoms with Gasteiger partial charge in [-0.15, -0.1) is 0 Å². The molecule has 1 fully saturated rings. The van der Waals surface area contributed by atoms with Crippen molar-refractivity contribution in [3.05, 3.63) is 29.8 Å². The fourth-order valence-corrected chi connectivity index (χ4v) is 3.78. The van der Waals surface area contributed by atoms with Gasteiger partial charge in [0.05, 0.1) is 0 Å². The molecular formula is C17H26N4OS. The van der Waals surface area contributed by atoms with Gasteiger partial charge in [0.25, 0.3) is 0 Å². The molecule has 6 heteroatoms. The van der Waals surface area contributed by atoms with E-state index in [-0.39, 0.29) is 10.7 Å². The Hall–Kier alpha value is -1.69. The lowest BCUT2D eigenvalue weighted by atomic mass is 10.2. The fourth-order valence-electron chi connectivity index (χ4n) is 2.67. The number of hydrogen-bond donors (Lipinski definition) is 2. The SMILES string of the molecule is CN=C(NCc1cccc(NC(C)=O)c1)N1CCSC(C)(C)C1. The number of nitrogens with zero attached hydrogens (tertiary/aromatic N) is 2. The summed E-state index contributed by atoms with van der Waals surface area (Å²) in [6.07, 6.45) is 0. The van der Waals surface area contributed by atoms with Crippen LogP contribution in [0.4, 0.5) is 5.69 Å². The number of amides is 1. The molecule has 1 saturated heterocycles. The first kappa shape index (κ1) is 17.7. The summed E-state index contributed by atoms with van der Waals surface area (Å²) in [5.41, 5.74) is 1.94. The zero-order valence-corrected chi connectivity index (χ0v) is 15.2. The molecule has 5 nitrogen and oxygen atoms in total. The second-order valence-electron chi connectivity index (χ2n) is 6.31. The van der Waals surface area contributed by atoms with Crippen LogP contribution in [-0.2, 0) is 11.3 Å². The summed E-state index contributed by atoms with van der Waals surface area (Å²) in [7, 11) is 1.82. The Labute approximate surface area is 142 Å². The van der Waals surface area contributed by atoms with Crippen LogP contribution in [0.15, 0.2) is 29.3 Å². The number of guanidine groups is 1. The molecule has 0 aliphatic carbocycles. The maximum atomic E-state index is 11.1. The smallest absolute Gasteiger partial charge is 0.221 e. The van der Waals surface area contributed by atoms with Gasteiger partial charge in [0.2, 0.25) is 5.91 Å². The number of nitrogens with one attached hydrogen (secondary N) is 2. The van der Waals surface area contributed by atoms with E-state index in [0.29, 0.717) is 6.54 Å². The summed E-state index contributed by atoms with van der Waals surface area (Å²) < 4.78 is 0.251. The van der Waals surface area contributed by atoms with E-state index >= 15 is 0 Å².